The minimum Gasteiger partial charge on any atom is -0.346 e. The summed E-state index contributed by atoms with van der Waals surface area (Å²) in [5, 5.41) is 9.44. The van der Waals surface area contributed by atoms with E-state index in [0.717, 1.165) is 38.5 Å². The molecule has 3 N–H and O–H groups in total. The van der Waals surface area contributed by atoms with Crippen LogP contribution in [0.15, 0.2) is 60.2 Å². The maximum Gasteiger partial charge on any atom is 0.252 e. The Labute approximate surface area is 185 Å². The van der Waals surface area contributed by atoms with Gasteiger partial charge in [0.25, 0.3) is 5.91 Å². The second-order valence-corrected chi connectivity index (χ2v) is 8.55. The highest BCUT2D eigenvalue weighted by Crippen LogP contribution is 2.30. The van der Waals surface area contributed by atoms with E-state index in [1.807, 2.05) is 68.9 Å². The van der Waals surface area contributed by atoms with Gasteiger partial charge in [-0.3, -0.25) is 9.48 Å². The van der Waals surface area contributed by atoms with Crippen molar-refractivity contribution in [3.05, 3.63) is 82.5 Å². The molecule has 3 aromatic heterocycles. The summed E-state index contributed by atoms with van der Waals surface area (Å²) >= 11 is 1.64. The first kappa shape index (κ1) is 21.0. The van der Waals surface area contributed by atoms with Crippen LogP contribution in [0.3, 0.4) is 0 Å². The van der Waals surface area contributed by atoms with Crippen LogP contribution in [0.25, 0.3) is 21.8 Å². The number of pyridine rings is 1. The molecule has 0 aliphatic rings. The number of aryl methyl sites for hydroxylation is 2. The topological polar surface area (TPSA) is 85.8 Å². The van der Waals surface area contributed by atoms with Crippen molar-refractivity contribution in [2.75, 3.05) is 0 Å². The molecule has 0 aliphatic carbocycles. The van der Waals surface area contributed by atoms with Crippen molar-refractivity contribution >= 4 is 17.2 Å². The maximum absolute atomic E-state index is 13.0. The Kier molecular flexibility index (Phi) is 5.97. The van der Waals surface area contributed by atoms with Crippen molar-refractivity contribution in [1.82, 2.24) is 20.1 Å². The standard InChI is InChI=1S/C24H25N5OS/c1-15-6-7-17(12-25)9-20(15)24(30)27-16(2)18-10-21(19-13-26-29(3)14-19)28-22(11-18)23-5-4-8-31-23/h4-11,13-14,16H,12,25H2,1-3H3,(H,27,30)/t16-/m1/s1. The number of rotatable bonds is 6. The smallest absolute Gasteiger partial charge is 0.252 e. The predicted octanol–water partition coefficient (Wildman–Crippen LogP) is 4.47. The van der Waals surface area contributed by atoms with E-state index in [9.17, 15) is 4.79 Å². The number of nitrogens with zero attached hydrogens (tertiary/aromatic N) is 3. The second kappa shape index (κ2) is 8.83. The third kappa shape index (κ3) is 4.57. The number of nitrogens with two attached hydrogens (primary N) is 1. The number of thiophene rings is 1. The minimum absolute atomic E-state index is 0.113. The molecule has 4 rings (SSSR count). The third-order valence-electron chi connectivity index (χ3n) is 5.25. The van der Waals surface area contributed by atoms with Gasteiger partial charge in [0.2, 0.25) is 0 Å². The van der Waals surface area contributed by atoms with E-state index in [1.54, 1.807) is 22.2 Å². The lowest BCUT2D eigenvalue weighted by Crippen LogP contribution is -2.27. The van der Waals surface area contributed by atoms with Crippen LogP contribution in [0.1, 0.15) is 40.0 Å². The number of nitrogens with one attached hydrogen (secondary N) is 1. The summed E-state index contributed by atoms with van der Waals surface area (Å²) < 4.78 is 1.76. The van der Waals surface area contributed by atoms with Crippen molar-refractivity contribution in [2.24, 2.45) is 12.8 Å². The maximum atomic E-state index is 13.0. The number of carbonyl (C=O) groups excluding carboxylic acids is 1. The molecule has 0 aliphatic heterocycles. The van der Waals surface area contributed by atoms with E-state index in [1.165, 1.54) is 0 Å². The van der Waals surface area contributed by atoms with Gasteiger partial charge in [-0.05, 0) is 60.2 Å². The minimum atomic E-state index is -0.203. The van der Waals surface area contributed by atoms with Gasteiger partial charge in [-0.2, -0.15) is 5.10 Å². The molecule has 31 heavy (non-hydrogen) atoms. The van der Waals surface area contributed by atoms with Crippen LogP contribution in [-0.4, -0.2) is 20.7 Å². The number of amides is 1. The Morgan fingerprint density at radius 2 is 2.03 bits per heavy atom. The van der Waals surface area contributed by atoms with E-state index >= 15 is 0 Å². The first-order chi connectivity index (χ1) is 14.9. The number of hydrogen-bond donors (Lipinski definition) is 2. The summed E-state index contributed by atoms with van der Waals surface area (Å²) in [6.07, 6.45) is 3.74. The molecule has 0 unspecified atom stereocenters. The number of benzene rings is 1. The van der Waals surface area contributed by atoms with Gasteiger partial charge in [-0.25, -0.2) is 4.98 Å². The first-order valence-electron chi connectivity index (χ1n) is 10.1. The second-order valence-electron chi connectivity index (χ2n) is 7.60. The summed E-state index contributed by atoms with van der Waals surface area (Å²) in [5.74, 6) is -0.113. The molecule has 6 nitrogen and oxygen atoms in total. The molecule has 4 aromatic rings. The third-order valence-corrected chi connectivity index (χ3v) is 6.14. The van der Waals surface area contributed by atoms with Crippen LogP contribution in [0.2, 0.25) is 0 Å². The first-order valence-corrected chi connectivity index (χ1v) is 11.0. The van der Waals surface area contributed by atoms with Crippen LogP contribution in [0.5, 0.6) is 0 Å². The molecular formula is C24H25N5OS. The zero-order chi connectivity index (χ0) is 22.0. The quantitative estimate of drug-likeness (QED) is 0.472. The van der Waals surface area contributed by atoms with Gasteiger partial charge in [0, 0.05) is 30.9 Å². The lowest BCUT2D eigenvalue weighted by Gasteiger charge is -2.17. The van der Waals surface area contributed by atoms with Crippen molar-refractivity contribution < 1.29 is 4.79 Å². The lowest BCUT2D eigenvalue weighted by molar-refractivity contribution is 0.0939. The fourth-order valence-electron chi connectivity index (χ4n) is 3.45. The summed E-state index contributed by atoms with van der Waals surface area (Å²) in [5.41, 5.74) is 11.9. The Morgan fingerprint density at radius 3 is 2.71 bits per heavy atom. The molecule has 0 radical (unpaired) electrons. The van der Waals surface area contributed by atoms with Crippen molar-refractivity contribution in [3.63, 3.8) is 0 Å². The predicted molar refractivity (Wildman–Crippen MR) is 125 cm³/mol. The van der Waals surface area contributed by atoms with E-state index < -0.39 is 0 Å². The molecule has 158 valence electrons. The normalized spacial score (nSPS) is 12.0. The average Bonchev–Trinajstić information content (AvgIpc) is 3.46. The van der Waals surface area contributed by atoms with Gasteiger partial charge in [0.15, 0.2) is 0 Å². The summed E-state index contributed by atoms with van der Waals surface area (Å²) in [4.78, 5) is 18.9. The molecular weight excluding hydrogens is 406 g/mol. The van der Waals surface area contributed by atoms with Crippen LogP contribution in [0, 0.1) is 6.92 Å². The summed E-state index contributed by atoms with van der Waals surface area (Å²) in [6.45, 7) is 4.32. The number of aromatic nitrogens is 3. The fraction of sp³-hybridized carbons (Fsp3) is 0.208. The largest absolute Gasteiger partial charge is 0.346 e. The van der Waals surface area contributed by atoms with E-state index in [4.69, 9.17) is 10.7 Å². The molecule has 1 atom stereocenters. The van der Waals surface area contributed by atoms with Crippen molar-refractivity contribution in [2.45, 2.75) is 26.4 Å². The van der Waals surface area contributed by atoms with Crippen LogP contribution in [0.4, 0.5) is 0 Å². The van der Waals surface area contributed by atoms with Gasteiger partial charge >= 0.3 is 0 Å². The lowest BCUT2D eigenvalue weighted by atomic mass is 10.0. The number of hydrogen-bond acceptors (Lipinski definition) is 5. The molecule has 7 heteroatoms. The zero-order valence-electron chi connectivity index (χ0n) is 17.8. The Bertz CT molecular complexity index is 1210. The molecule has 0 fully saturated rings. The zero-order valence-corrected chi connectivity index (χ0v) is 18.6. The molecule has 0 saturated heterocycles. The molecule has 1 aromatic carbocycles. The monoisotopic (exact) mass is 431 g/mol. The SMILES string of the molecule is Cc1ccc(CN)cc1C(=O)N[C@H](C)c1cc(-c2cnn(C)c2)nc(-c2cccs2)c1. The summed E-state index contributed by atoms with van der Waals surface area (Å²) in [7, 11) is 1.88. The van der Waals surface area contributed by atoms with E-state index in [0.29, 0.717) is 12.1 Å². The van der Waals surface area contributed by atoms with Gasteiger partial charge in [-0.1, -0.05) is 18.2 Å². The highest BCUT2D eigenvalue weighted by atomic mass is 32.1. The molecule has 3 heterocycles. The van der Waals surface area contributed by atoms with Crippen molar-refractivity contribution in [1.29, 1.82) is 0 Å². The Hall–Kier alpha value is -3.29. The van der Waals surface area contributed by atoms with Crippen LogP contribution < -0.4 is 11.1 Å². The molecule has 0 bridgehead atoms. The fourth-order valence-corrected chi connectivity index (χ4v) is 4.14. The van der Waals surface area contributed by atoms with Gasteiger partial charge in [0.1, 0.15) is 0 Å². The average molecular weight is 432 g/mol. The van der Waals surface area contributed by atoms with Crippen LogP contribution >= 0.6 is 11.3 Å². The van der Waals surface area contributed by atoms with Gasteiger partial charge in [0.05, 0.1) is 28.5 Å². The van der Waals surface area contributed by atoms with Crippen LogP contribution in [-0.2, 0) is 13.6 Å². The van der Waals surface area contributed by atoms with E-state index in [2.05, 4.69) is 16.5 Å². The van der Waals surface area contributed by atoms with Crippen molar-refractivity contribution in [3.8, 4) is 21.8 Å². The Morgan fingerprint density at radius 1 is 1.23 bits per heavy atom. The molecule has 1 amide bonds. The highest BCUT2D eigenvalue weighted by molar-refractivity contribution is 7.13. The highest BCUT2D eigenvalue weighted by Gasteiger charge is 2.17. The Balaban J connectivity index is 1.68. The number of carbonyl (C=O) groups is 1. The van der Waals surface area contributed by atoms with E-state index in [-0.39, 0.29) is 11.9 Å². The van der Waals surface area contributed by atoms with Gasteiger partial charge < -0.3 is 11.1 Å². The van der Waals surface area contributed by atoms with Gasteiger partial charge in [-0.15, -0.1) is 11.3 Å². The molecule has 0 spiro atoms. The summed E-state index contributed by atoms with van der Waals surface area (Å²) in [6, 6.07) is 13.7. The molecule has 0 saturated carbocycles.